The van der Waals surface area contributed by atoms with E-state index >= 15 is 0 Å². The first kappa shape index (κ1) is 18.2. The Morgan fingerprint density at radius 3 is 2.55 bits per heavy atom. The fourth-order valence-electron chi connectivity index (χ4n) is 4.79. The summed E-state index contributed by atoms with van der Waals surface area (Å²) in [5.74, 6) is -0.0298. The molecule has 1 unspecified atom stereocenters. The first-order valence-electron chi connectivity index (χ1n) is 9.84. The van der Waals surface area contributed by atoms with E-state index in [2.05, 4.69) is 10.8 Å². The molecule has 1 aliphatic carbocycles. The van der Waals surface area contributed by atoms with Crippen LogP contribution in [-0.2, 0) is 34.1 Å². The molecule has 0 spiro atoms. The quantitative estimate of drug-likeness (QED) is 0.714. The highest BCUT2D eigenvalue weighted by atomic mass is 32.2. The van der Waals surface area contributed by atoms with Crippen LogP contribution in [0.3, 0.4) is 0 Å². The average Bonchev–Trinajstić information content (AvgIpc) is 3.24. The molecule has 3 aromatic carbocycles. The van der Waals surface area contributed by atoms with Crippen LogP contribution < -0.4 is 9.62 Å². The number of anilines is 2. The predicted octanol–water partition coefficient (Wildman–Crippen LogP) is 4.04. The summed E-state index contributed by atoms with van der Waals surface area (Å²) < 4.78 is 29.1. The van der Waals surface area contributed by atoms with Crippen LogP contribution in [0.25, 0.3) is 10.8 Å². The number of fused-ring (bicyclic) bond motifs is 1. The number of nitrogens with zero attached hydrogens (tertiary/aromatic N) is 1. The molecule has 1 atom stereocenters. The van der Waals surface area contributed by atoms with Gasteiger partial charge in [-0.1, -0.05) is 24.3 Å². The number of aryl methyl sites for hydroxylation is 2. The number of sulfonamides is 1. The van der Waals surface area contributed by atoms with Gasteiger partial charge in [-0.3, -0.25) is 9.52 Å². The van der Waals surface area contributed by atoms with Crippen LogP contribution in [0.15, 0.2) is 53.4 Å². The highest BCUT2D eigenvalue weighted by Crippen LogP contribution is 2.37. The van der Waals surface area contributed by atoms with Gasteiger partial charge in [-0.25, -0.2) is 8.42 Å². The zero-order chi connectivity index (χ0) is 20.3. The highest BCUT2D eigenvalue weighted by Gasteiger charge is 2.30. The summed E-state index contributed by atoms with van der Waals surface area (Å²) in [6.07, 6.45) is 2.65. The lowest BCUT2D eigenvalue weighted by molar-refractivity contribution is -0.116. The number of rotatable bonds is 3. The Hall–Kier alpha value is -2.86. The molecule has 0 bridgehead atoms. The Labute approximate surface area is 170 Å². The van der Waals surface area contributed by atoms with E-state index in [1.165, 1.54) is 23.4 Å². The van der Waals surface area contributed by atoms with Crippen molar-refractivity contribution in [3.63, 3.8) is 0 Å². The summed E-state index contributed by atoms with van der Waals surface area (Å²) >= 11 is 0. The summed E-state index contributed by atoms with van der Waals surface area (Å²) in [7, 11) is -3.74. The van der Waals surface area contributed by atoms with Crippen molar-refractivity contribution in [1.29, 1.82) is 0 Å². The Bertz CT molecular complexity index is 1270. The molecule has 1 heterocycles. The van der Waals surface area contributed by atoms with E-state index in [1.807, 2.05) is 31.2 Å². The van der Waals surface area contributed by atoms with Gasteiger partial charge in [-0.15, -0.1) is 0 Å². The summed E-state index contributed by atoms with van der Waals surface area (Å²) in [4.78, 5) is 13.9. The van der Waals surface area contributed by atoms with Crippen molar-refractivity contribution >= 4 is 38.1 Å². The van der Waals surface area contributed by atoms with Gasteiger partial charge in [-0.05, 0) is 72.5 Å². The fraction of sp³-hybridized carbons (Fsp3) is 0.261. The second-order valence-electron chi connectivity index (χ2n) is 7.95. The molecule has 1 amide bonds. The van der Waals surface area contributed by atoms with Crippen LogP contribution in [0.2, 0.25) is 0 Å². The summed E-state index contributed by atoms with van der Waals surface area (Å²) in [5, 5.41) is 2.12. The van der Waals surface area contributed by atoms with Crippen LogP contribution in [0.5, 0.6) is 0 Å². The van der Waals surface area contributed by atoms with E-state index in [-0.39, 0.29) is 16.8 Å². The lowest BCUT2D eigenvalue weighted by Crippen LogP contribution is -2.33. The van der Waals surface area contributed by atoms with Gasteiger partial charge in [0.15, 0.2) is 0 Å². The SMILES string of the molecule is CC(=O)N1c2ccc(S(=O)(=O)Nc3ccc4c5c(cccc35)CC4)cc2CC1C. The van der Waals surface area contributed by atoms with Gasteiger partial charge in [0.05, 0.1) is 10.6 Å². The Morgan fingerprint density at radius 1 is 1.03 bits per heavy atom. The molecule has 0 aromatic heterocycles. The fourth-order valence-corrected chi connectivity index (χ4v) is 5.92. The minimum absolute atomic E-state index is 0.0298. The zero-order valence-corrected chi connectivity index (χ0v) is 17.2. The van der Waals surface area contributed by atoms with Gasteiger partial charge in [0, 0.05) is 24.0 Å². The normalized spacial score (nSPS) is 17.6. The maximum Gasteiger partial charge on any atom is 0.261 e. The molecule has 29 heavy (non-hydrogen) atoms. The molecular weight excluding hydrogens is 384 g/mol. The van der Waals surface area contributed by atoms with Crippen LogP contribution in [0, 0.1) is 0 Å². The smallest absolute Gasteiger partial charge is 0.261 e. The number of benzene rings is 3. The number of hydrogen-bond donors (Lipinski definition) is 1. The Morgan fingerprint density at radius 2 is 1.79 bits per heavy atom. The van der Waals surface area contributed by atoms with Crippen LogP contribution in [-0.4, -0.2) is 20.4 Å². The molecule has 148 valence electrons. The maximum atomic E-state index is 13.1. The molecule has 3 aromatic rings. The Kier molecular flexibility index (Phi) is 3.96. The van der Waals surface area contributed by atoms with E-state index < -0.39 is 10.0 Å². The van der Waals surface area contributed by atoms with Crippen molar-refractivity contribution in [2.75, 3.05) is 9.62 Å². The molecule has 0 saturated carbocycles. The second kappa shape index (κ2) is 6.32. The monoisotopic (exact) mass is 406 g/mol. The second-order valence-corrected chi connectivity index (χ2v) is 9.63. The van der Waals surface area contributed by atoms with Crippen molar-refractivity contribution in [2.45, 2.75) is 44.0 Å². The molecule has 5 rings (SSSR count). The summed E-state index contributed by atoms with van der Waals surface area (Å²) in [5.41, 5.74) is 4.83. The number of hydrogen-bond acceptors (Lipinski definition) is 3. The lowest BCUT2D eigenvalue weighted by atomic mass is 10.0. The maximum absolute atomic E-state index is 13.1. The first-order chi connectivity index (χ1) is 13.8. The van der Waals surface area contributed by atoms with Crippen LogP contribution in [0.1, 0.15) is 30.5 Å². The van der Waals surface area contributed by atoms with E-state index in [0.717, 1.165) is 29.5 Å². The van der Waals surface area contributed by atoms with Crippen LogP contribution in [0.4, 0.5) is 11.4 Å². The summed E-state index contributed by atoms with van der Waals surface area (Å²) in [6.45, 7) is 3.51. The van der Waals surface area contributed by atoms with Gasteiger partial charge >= 0.3 is 0 Å². The van der Waals surface area contributed by atoms with Gasteiger partial charge in [0.25, 0.3) is 10.0 Å². The number of amides is 1. The van der Waals surface area contributed by atoms with Crippen molar-refractivity contribution < 1.29 is 13.2 Å². The van der Waals surface area contributed by atoms with Gasteiger partial charge < -0.3 is 4.90 Å². The molecule has 1 aliphatic heterocycles. The molecule has 0 saturated heterocycles. The third kappa shape index (κ3) is 2.82. The van der Waals surface area contributed by atoms with Crippen molar-refractivity contribution in [3.8, 4) is 0 Å². The minimum atomic E-state index is -3.74. The molecule has 2 aliphatic rings. The molecule has 5 nitrogen and oxygen atoms in total. The van der Waals surface area contributed by atoms with Gasteiger partial charge in [-0.2, -0.15) is 0 Å². The average molecular weight is 407 g/mol. The third-order valence-corrected chi connectivity index (χ3v) is 7.40. The van der Waals surface area contributed by atoms with Crippen molar-refractivity contribution in [1.82, 2.24) is 0 Å². The molecule has 6 heteroatoms. The van der Waals surface area contributed by atoms with E-state index in [0.29, 0.717) is 12.1 Å². The standard InChI is InChI=1S/C23H22N2O3S/c1-14-12-18-13-19(9-11-22(18)25(14)15(2)26)29(27,28)24-21-10-8-17-7-6-16-4-3-5-20(21)23(16)17/h3-5,8-11,13-14,24H,6-7,12H2,1-2H3. The Balaban J connectivity index is 1.53. The number of nitrogens with one attached hydrogen (secondary N) is 1. The third-order valence-electron chi connectivity index (χ3n) is 6.04. The van der Waals surface area contributed by atoms with Crippen LogP contribution >= 0.6 is 0 Å². The lowest BCUT2D eigenvalue weighted by Gasteiger charge is -2.20. The number of carbonyl (C=O) groups excluding carboxylic acids is 1. The predicted molar refractivity (Wildman–Crippen MR) is 115 cm³/mol. The molecule has 0 fully saturated rings. The summed E-state index contributed by atoms with van der Waals surface area (Å²) in [6, 6.07) is 15.0. The van der Waals surface area contributed by atoms with E-state index in [4.69, 9.17) is 0 Å². The first-order valence-corrected chi connectivity index (χ1v) is 11.3. The minimum Gasteiger partial charge on any atom is -0.309 e. The van der Waals surface area contributed by atoms with Crippen molar-refractivity contribution in [2.24, 2.45) is 0 Å². The van der Waals surface area contributed by atoms with E-state index in [9.17, 15) is 13.2 Å². The molecule has 0 radical (unpaired) electrons. The molecule has 1 N–H and O–H groups in total. The molecular formula is C23H22N2O3S. The zero-order valence-electron chi connectivity index (χ0n) is 16.4. The largest absolute Gasteiger partial charge is 0.309 e. The van der Waals surface area contributed by atoms with E-state index in [1.54, 1.807) is 23.1 Å². The van der Waals surface area contributed by atoms with Gasteiger partial charge in [0.2, 0.25) is 5.91 Å². The highest BCUT2D eigenvalue weighted by molar-refractivity contribution is 7.92. The van der Waals surface area contributed by atoms with Crippen molar-refractivity contribution in [3.05, 3.63) is 65.2 Å². The number of carbonyl (C=O) groups is 1. The topological polar surface area (TPSA) is 66.5 Å². The van der Waals surface area contributed by atoms with Gasteiger partial charge in [0.1, 0.15) is 0 Å².